The van der Waals surface area contributed by atoms with Gasteiger partial charge in [0.1, 0.15) is 19.0 Å². The van der Waals surface area contributed by atoms with Crippen molar-refractivity contribution in [2.45, 2.75) is 6.61 Å². The monoisotopic (exact) mass is 278 g/mol. The fourth-order valence-corrected chi connectivity index (χ4v) is 2.33. The van der Waals surface area contributed by atoms with Crippen LogP contribution in [0.15, 0.2) is 35.7 Å². The van der Waals surface area contributed by atoms with Crippen LogP contribution in [-0.2, 0) is 6.61 Å². The lowest BCUT2D eigenvalue weighted by molar-refractivity contribution is 0.309. The van der Waals surface area contributed by atoms with E-state index >= 15 is 0 Å². The van der Waals surface area contributed by atoms with Crippen molar-refractivity contribution in [1.82, 2.24) is 0 Å². The van der Waals surface area contributed by atoms with Gasteiger partial charge in [0, 0.05) is 10.6 Å². The van der Waals surface area contributed by atoms with Gasteiger partial charge < -0.3 is 9.84 Å². The first-order valence-corrected chi connectivity index (χ1v) is 6.60. The number of rotatable bonds is 3. The topological polar surface area (TPSA) is 29.5 Å². The van der Waals surface area contributed by atoms with Crippen LogP contribution in [0.25, 0.3) is 0 Å². The molecular formula is C14H11ClO2S. The summed E-state index contributed by atoms with van der Waals surface area (Å²) in [5.74, 6) is 6.26. The van der Waals surface area contributed by atoms with E-state index in [4.69, 9.17) is 21.4 Å². The molecule has 0 aliphatic rings. The van der Waals surface area contributed by atoms with Gasteiger partial charge in [-0.15, -0.1) is 11.3 Å². The van der Waals surface area contributed by atoms with Crippen LogP contribution in [0.3, 0.4) is 0 Å². The number of hydrogen-bond donors (Lipinski definition) is 1. The van der Waals surface area contributed by atoms with Crippen LogP contribution in [0, 0.1) is 11.8 Å². The number of hydrogen-bond acceptors (Lipinski definition) is 3. The van der Waals surface area contributed by atoms with E-state index in [0.717, 1.165) is 16.2 Å². The van der Waals surface area contributed by atoms with Crippen molar-refractivity contribution in [1.29, 1.82) is 0 Å². The molecule has 0 saturated heterocycles. The summed E-state index contributed by atoms with van der Waals surface area (Å²) in [6.45, 7) is 0.317. The Hall–Kier alpha value is -1.47. The molecule has 0 radical (unpaired) electrons. The average molecular weight is 279 g/mol. The molecule has 18 heavy (non-hydrogen) atoms. The minimum Gasteiger partial charge on any atom is -0.488 e. The van der Waals surface area contributed by atoms with Crippen LogP contribution in [0.2, 0.25) is 5.02 Å². The molecule has 1 aromatic carbocycles. The molecule has 0 atom stereocenters. The van der Waals surface area contributed by atoms with E-state index in [2.05, 4.69) is 11.8 Å². The summed E-state index contributed by atoms with van der Waals surface area (Å²) in [5.41, 5.74) is 0.899. The van der Waals surface area contributed by atoms with Crippen molar-refractivity contribution in [2.75, 3.05) is 6.61 Å². The minimum atomic E-state index is -0.134. The average Bonchev–Trinajstić information content (AvgIpc) is 2.81. The highest BCUT2D eigenvalue weighted by molar-refractivity contribution is 7.10. The van der Waals surface area contributed by atoms with Crippen molar-refractivity contribution >= 4 is 22.9 Å². The maximum Gasteiger partial charge on any atom is 0.124 e. The third-order valence-corrected chi connectivity index (χ3v) is 3.34. The highest BCUT2D eigenvalue weighted by atomic mass is 35.5. The maximum absolute atomic E-state index is 8.68. The number of benzene rings is 1. The van der Waals surface area contributed by atoms with Gasteiger partial charge in [-0.3, -0.25) is 0 Å². The number of halogens is 1. The molecule has 0 saturated carbocycles. The zero-order chi connectivity index (χ0) is 12.8. The highest BCUT2D eigenvalue weighted by Crippen LogP contribution is 2.21. The molecule has 4 heteroatoms. The Morgan fingerprint density at radius 1 is 1.33 bits per heavy atom. The van der Waals surface area contributed by atoms with E-state index in [1.807, 2.05) is 23.6 Å². The second-order valence-electron chi connectivity index (χ2n) is 3.46. The maximum atomic E-state index is 8.68. The van der Waals surface area contributed by atoms with Crippen molar-refractivity contribution in [3.63, 3.8) is 0 Å². The van der Waals surface area contributed by atoms with Crippen molar-refractivity contribution in [3.05, 3.63) is 51.2 Å². The third kappa shape index (κ3) is 3.51. The standard InChI is InChI=1S/C14H11ClO2S/c15-12-4-1-5-13(9-12)17-10-14-11(3-2-7-16)6-8-18-14/h1,4-6,8-9,16H,7,10H2. The summed E-state index contributed by atoms with van der Waals surface area (Å²) < 4.78 is 5.65. The number of thiophene rings is 1. The molecule has 0 aliphatic heterocycles. The van der Waals surface area contributed by atoms with Crippen molar-refractivity contribution in [2.24, 2.45) is 0 Å². The normalized spacial score (nSPS) is 9.67. The summed E-state index contributed by atoms with van der Waals surface area (Å²) >= 11 is 7.46. The lowest BCUT2D eigenvalue weighted by Crippen LogP contribution is -1.94. The minimum absolute atomic E-state index is 0.134. The molecular weight excluding hydrogens is 268 g/mol. The number of aliphatic hydroxyl groups is 1. The molecule has 2 rings (SSSR count). The molecule has 1 N–H and O–H groups in total. The fraction of sp³-hybridized carbons (Fsp3) is 0.143. The predicted molar refractivity (Wildman–Crippen MR) is 74.1 cm³/mol. The van der Waals surface area contributed by atoms with Crippen LogP contribution < -0.4 is 4.74 Å². The quantitative estimate of drug-likeness (QED) is 0.873. The first-order chi connectivity index (χ1) is 8.79. The lowest BCUT2D eigenvalue weighted by atomic mass is 10.2. The van der Waals surface area contributed by atoms with E-state index in [1.165, 1.54) is 0 Å². The van der Waals surface area contributed by atoms with Gasteiger partial charge in [0.05, 0.1) is 4.88 Å². The zero-order valence-corrected chi connectivity index (χ0v) is 11.1. The first kappa shape index (κ1) is 13.0. The van der Waals surface area contributed by atoms with Crippen LogP contribution in [0.1, 0.15) is 10.4 Å². The molecule has 1 aromatic heterocycles. The Morgan fingerprint density at radius 2 is 2.22 bits per heavy atom. The SMILES string of the molecule is OCC#Cc1ccsc1COc1cccc(Cl)c1. The van der Waals surface area contributed by atoms with Gasteiger partial charge in [-0.2, -0.15) is 0 Å². The molecule has 2 nitrogen and oxygen atoms in total. The molecule has 0 fully saturated rings. The lowest BCUT2D eigenvalue weighted by Gasteiger charge is -2.05. The van der Waals surface area contributed by atoms with Gasteiger partial charge in [0.2, 0.25) is 0 Å². The summed E-state index contributed by atoms with van der Waals surface area (Å²) in [4.78, 5) is 1.04. The second kappa shape index (κ2) is 6.46. The molecule has 2 aromatic rings. The van der Waals surface area contributed by atoms with Gasteiger partial charge in [-0.25, -0.2) is 0 Å². The second-order valence-corrected chi connectivity index (χ2v) is 4.90. The smallest absolute Gasteiger partial charge is 0.124 e. The number of aliphatic hydroxyl groups excluding tert-OH is 1. The van der Waals surface area contributed by atoms with Crippen LogP contribution in [-0.4, -0.2) is 11.7 Å². The van der Waals surface area contributed by atoms with Gasteiger partial charge in [0.15, 0.2) is 0 Å². The van der Waals surface area contributed by atoms with Crippen LogP contribution in [0.5, 0.6) is 5.75 Å². The van der Waals surface area contributed by atoms with Crippen LogP contribution in [0.4, 0.5) is 0 Å². The van der Waals surface area contributed by atoms with E-state index in [1.54, 1.807) is 23.5 Å². The van der Waals surface area contributed by atoms with Gasteiger partial charge in [-0.1, -0.05) is 29.5 Å². The highest BCUT2D eigenvalue weighted by Gasteiger charge is 2.03. The summed E-state index contributed by atoms with van der Waals surface area (Å²) in [7, 11) is 0. The van der Waals surface area contributed by atoms with Crippen molar-refractivity contribution in [3.8, 4) is 17.6 Å². The zero-order valence-electron chi connectivity index (χ0n) is 9.52. The molecule has 0 aliphatic carbocycles. The summed E-state index contributed by atoms with van der Waals surface area (Å²) in [6.07, 6.45) is 0. The fourth-order valence-electron chi connectivity index (χ4n) is 1.40. The Balaban J connectivity index is 2.04. The molecule has 0 bridgehead atoms. The Morgan fingerprint density at radius 3 is 3.00 bits per heavy atom. The van der Waals surface area contributed by atoms with E-state index in [0.29, 0.717) is 11.6 Å². The van der Waals surface area contributed by atoms with E-state index in [9.17, 15) is 0 Å². The summed E-state index contributed by atoms with van der Waals surface area (Å²) in [5, 5.41) is 11.3. The predicted octanol–water partition coefficient (Wildman–Crippen LogP) is 3.32. The molecule has 0 unspecified atom stereocenters. The van der Waals surface area contributed by atoms with Crippen LogP contribution >= 0.6 is 22.9 Å². The van der Waals surface area contributed by atoms with E-state index < -0.39 is 0 Å². The largest absolute Gasteiger partial charge is 0.488 e. The molecule has 0 amide bonds. The molecule has 0 spiro atoms. The van der Waals surface area contributed by atoms with Gasteiger partial charge in [-0.05, 0) is 29.6 Å². The Labute approximate surface area is 115 Å². The van der Waals surface area contributed by atoms with E-state index in [-0.39, 0.29) is 6.61 Å². The molecule has 92 valence electrons. The molecule has 1 heterocycles. The Bertz CT molecular complexity index is 581. The third-order valence-electron chi connectivity index (χ3n) is 2.21. The number of ether oxygens (including phenoxy) is 1. The van der Waals surface area contributed by atoms with Gasteiger partial charge >= 0.3 is 0 Å². The first-order valence-electron chi connectivity index (χ1n) is 5.34. The Kier molecular flexibility index (Phi) is 4.66. The van der Waals surface area contributed by atoms with Gasteiger partial charge in [0.25, 0.3) is 0 Å². The van der Waals surface area contributed by atoms with Crippen molar-refractivity contribution < 1.29 is 9.84 Å². The summed E-state index contributed by atoms with van der Waals surface area (Å²) in [6, 6.07) is 9.20.